The highest BCUT2D eigenvalue weighted by Crippen LogP contribution is 2.38. The van der Waals surface area contributed by atoms with Gasteiger partial charge < -0.3 is 15.5 Å². The Balaban J connectivity index is 1.69. The molecule has 0 aromatic carbocycles. The Labute approximate surface area is 169 Å². The van der Waals surface area contributed by atoms with Gasteiger partial charge in [-0.05, 0) is 37.1 Å². The number of hydrogen-bond donors (Lipinski definition) is 1. The lowest BCUT2D eigenvalue weighted by atomic mass is 9.78. The molecule has 1 aliphatic rings. The van der Waals surface area contributed by atoms with Crippen molar-refractivity contribution in [3.05, 3.63) is 47.1 Å². The van der Waals surface area contributed by atoms with E-state index in [1.165, 1.54) is 11.3 Å². The van der Waals surface area contributed by atoms with Gasteiger partial charge >= 0.3 is 0 Å². The van der Waals surface area contributed by atoms with E-state index in [1.807, 2.05) is 24.4 Å². The predicted molar refractivity (Wildman–Crippen MR) is 115 cm³/mol. The Hall–Kier alpha value is -2.67. The number of nitrogen functional groups attached to an aromatic ring is 1. The zero-order valence-electron chi connectivity index (χ0n) is 16.5. The van der Waals surface area contributed by atoms with E-state index in [0.29, 0.717) is 10.6 Å². The first-order valence-corrected chi connectivity index (χ1v) is 10.3. The van der Waals surface area contributed by atoms with Crippen molar-refractivity contribution in [2.24, 2.45) is 0 Å². The molecule has 0 aliphatic carbocycles. The Bertz CT molecular complexity index is 1020. The molecular formula is C21H25N5OS. The average Bonchev–Trinajstić information content (AvgIpc) is 3.04. The number of nitrogens with two attached hydrogens (primary N) is 1. The van der Waals surface area contributed by atoms with E-state index in [1.54, 1.807) is 19.0 Å². The maximum absolute atomic E-state index is 12.4. The van der Waals surface area contributed by atoms with Crippen LogP contribution in [0.2, 0.25) is 0 Å². The van der Waals surface area contributed by atoms with Crippen molar-refractivity contribution in [1.29, 1.82) is 0 Å². The number of thiophene rings is 1. The van der Waals surface area contributed by atoms with Gasteiger partial charge in [0.2, 0.25) is 0 Å². The summed E-state index contributed by atoms with van der Waals surface area (Å²) in [7, 11) is 3.47. The van der Waals surface area contributed by atoms with Crippen LogP contribution in [0.25, 0.3) is 10.2 Å². The molecule has 3 aromatic heterocycles. The summed E-state index contributed by atoms with van der Waals surface area (Å²) in [5.41, 5.74) is 7.74. The number of carbonyl (C=O) groups is 1. The maximum atomic E-state index is 12.4. The first-order valence-electron chi connectivity index (χ1n) is 9.46. The number of pyridine rings is 2. The highest BCUT2D eigenvalue weighted by molar-refractivity contribution is 7.21. The van der Waals surface area contributed by atoms with Crippen LogP contribution in [-0.4, -0.2) is 48.0 Å². The van der Waals surface area contributed by atoms with Crippen molar-refractivity contribution in [1.82, 2.24) is 14.9 Å². The van der Waals surface area contributed by atoms with Crippen LogP contribution in [-0.2, 0) is 5.41 Å². The summed E-state index contributed by atoms with van der Waals surface area (Å²) in [6.07, 6.45) is 3.99. The topological polar surface area (TPSA) is 75.4 Å². The second-order valence-corrected chi connectivity index (χ2v) is 8.87. The van der Waals surface area contributed by atoms with E-state index < -0.39 is 0 Å². The summed E-state index contributed by atoms with van der Waals surface area (Å²) in [6.45, 7) is 4.13. The van der Waals surface area contributed by atoms with Crippen molar-refractivity contribution in [3.8, 4) is 0 Å². The van der Waals surface area contributed by atoms with E-state index in [4.69, 9.17) is 10.7 Å². The van der Waals surface area contributed by atoms with Crippen LogP contribution in [0.1, 0.15) is 35.1 Å². The average molecular weight is 396 g/mol. The van der Waals surface area contributed by atoms with Gasteiger partial charge in [-0.1, -0.05) is 13.0 Å². The van der Waals surface area contributed by atoms with Gasteiger partial charge in [0, 0.05) is 49.9 Å². The molecule has 0 spiro atoms. The zero-order valence-corrected chi connectivity index (χ0v) is 17.3. The van der Waals surface area contributed by atoms with Crippen molar-refractivity contribution in [2.75, 3.05) is 37.8 Å². The summed E-state index contributed by atoms with van der Waals surface area (Å²) in [4.78, 5) is 27.1. The van der Waals surface area contributed by atoms with Gasteiger partial charge in [0.15, 0.2) is 0 Å². The van der Waals surface area contributed by atoms with E-state index in [9.17, 15) is 4.79 Å². The van der Waals surface area contributed by atoms with Crippen molar-refractivity contribution in [2.45, 2.75) is 25.2 Å². The molecule has 28 heavy (non-hydrogen) atoms. The molecule has 0 saturated carbocycles. The number of carbonyl (C=O) groups excluding carboxylic acids is 1. The molecule has 146 valence electrons. The highest BCUT2D eigenvalue weighted by Gasteiger charge is 2.35. The molecule has 6 nitrogen and oxygen atoms in total. The molecule has 1 saturated heterocycles. The lowest BCUT2D eigenvalue weighted by Gasteiger charge is -2.40. The third kappa shape index (κ3) is 3.20. The third-order valence-electron chi connectivity index (χ3n) is 5.48. The number of nitrogens with zero attached hydrogens (tertiary/aromatic N) is 4. The van der Waals surface area contributed by atoms with E-state index in [-0.39, 0.29) is 11.3 Å². The Morgan fingerprint density at radius 2 is 2.11 bits per heavy atom. The van der Waals surface area contributed by atoms with E-state index in [0.717, 1.165) is 47.7 Å². The van der Waals surface area contributed by atoms with Crippen molar-refractivity contribution < 1.29 is 4.79 Å². The van der Waals surface area contributed by atoms with Crippen LogP contribution >= 0.6 is 11.3 Å². The number of aromatic nitrogens is 2. The van der Waals surface area contributed by atoms with E-state index >= 15 is 0 Å². The number of hydrogen-bond acceptors (Lipinski definition) is 6. The number of piperidine rings is 1. The minimum absolute atomic E-state index is 0.0750. The first kappa shape index (κ1) is 18.7. The lowest BCUT2D eigenvalue weighted by Crippen LogP contribution is -2.45. The summed E-state index contributed by atoms with van der Waals surface area (Å²) >= 11 is 1.38. The van der Waals surface area contributed by atoms with Gasteiger partial charge in [-0.2, -0.15) is 0 Å². The molecule has 1 amide bonds. The molecule has 4 heterocycles. The molecule has 1 fully saturated rings. The fourth-order valence-corrected chi connectivity index (χ4v) is 5.00. The van der Waals surface area contributed by atoms with Crippen LogP contribution in [0.5, 0.6) is 0 Å². The van der Waals surface area contributed by atoms with Crippen LogP contribution in [0.15, 0.2) is 36.5 Å². The monoisotopic (exact) mass is 395 g/mol. The second-order valence-electron chi connectivity index (χ2n) is 7.87. The van der Waals surface area contributed by atoms with Crippen LogP contribution in [0.4, 0.5) is 11.5 Å². The quantitative estimate of drug-likeness (QED) is 0.734. The minimum Gasteiger partial charge on any atom is -0.397 e. The minimum atomic E-state index is -0.0766. The molecule has 2 N–H and O–H groups in total. The largest absolute Gasteiger partial charge is 0.397 e. The summed E-state index contributed by atoms with van der Waals surface area (Å²) < 4.78 is 0. The molecule has 1 atom stereocenters. The number of rotatable bonds is 3. The van der Waals surface area contributed by atoms with E-state index in [2.05, 4.69) is 28.9 Å². The lowest BCUT2D eigenvalue weighted by molar-refractivity contribution is 0.0833. The maximum Gasteiger partial charge on any atom is 0.265 e. The van der Waals surface area contributed by atoms with Crippen molar-refractivity contribution >= 4 is 39.0 Å². The van der Waals surface area contributed by atoms with Gasteiger partial charge in [0.25, 0.3) is 5.91 Å². The molecule has 3 aromatic rings. The van der Waals surface area contributed by atoms with Gasteiger partial charge in [-0.3, -0.25) is 4.79 Å². The molecular weight excluding hydrogens is 370 g/mol. The van der Waals surface area contributed by atoms with Crippen LogP contribution in [0, 0.1) is 0 Å². The predicted octanol–water partition coefficient (Wildman–Crippen LogP) is 3.53. The van der Waals surface area contributed by atoms with Gasteiger partial charge in [0.1, 0.15) is 15.5 Å². The molecule has 0 radical (unpaired) electrons. The fraction of sp³-hybridized carbons (Fsp3) is 0.381. The summed E-state index contributed by atoms with van der Waals surface area (Å²) in [5, 5.41) is 0.861. The number of amides is 1. The SMILES string of the molecule is CN(C)C(=O)c1sc2nc([C@]3(C)CCCN(c4ccccn4)C3)ccc2c1N. The van der Waals surface area contributed by atoms with Gasteiger partial charge in [-0.25, -0.2) is 9.97 Å². The van der Waals surface area contributed by atoms with Crippen LogP contribution in [0.3, 0.4) is 0 Å². The summed E-state index contributed by atoms with van der Waals surface area (Å²) in [6, 6.07) is 10.1. The highest BCUT2D eigenvalue weighted by atomic mass is 32.1. The fourth-order valence-electron chi connectivity index (χ4n) is 3.88. The summed E-state index contributed by atoms with van der Waals surface area (Å²) in [5.74, 6) is 0.931. The Kier molecular flexibility index (Phi) is 4.71. The molecule has 4 rings (SSSR count). The molecule has 1 aliphatic heterocycles. The number of anilines is 2. The second kappa shape index (κ2) is 7.05. The molecule has 0 unspecified atom stereocenters. The first-order chi connectivity index (χ1) is 13.4. The third-order valence-corrected chi connectivity index (χ3v) is 6.59. The van der Waals surface area contributed by atoms with Gasteiger partial charge in [0.05, 0.1) is 5.69 Å². The zero-order chi connectivity index (χ0) is 19.9. The standard InChI is InChI=1S/C21H25N5OS/c1-21(10-6-12-26(13-21)16-7-4-5-11-23-16)15-9-8-14-17(22)18(20(27)25(2)3)28-19(14)24-15/h4-5,7-9,11H,6,10,12-13,22H2,1-3H3/t21-/m1/s1. The smallest absolute Gasteiger partial charge is 0.265 e. The van der Waals surface area contributed by atoms with Crippen LogP contribution < -0.4 is 10.6 Å². The Morgan fingerprint density at radius 3 is 2.82 bits per heavy atom. The normalized spacial score (nSPS) is 19.8. The Morgan fingerprint density at radius 1 is 1.29 bits per heavy atom. The van der Waals surface area contributed by atoms with Gasteiger partial charge in [-0.15, -0.1) is 11.3 Å². The van der Waals surface area contributed by atoms with Crippen molar-refractivity contribution in [3.63, 3.8) is 0 Å². The molecule has 0 bridgehead atoms. The number of fused-ring (bicyclic) bond motifs is 1. The molecule has 7 heteroatoms.